The summed E-state index contributed by atoms with van der Waals surface area (Å²) >= 11 is 0. The van der Waals surface area contributed by atoms with E-state index < -0.39 is 5.97 Å². The van der Waals surface area contributed by atoms with Gasteiger partial charge in [-0.15, -0.1) is 5.10 Å². The number of rotatable bonds is 3. The summed E-state index contributed by atoms with van der Waals surface area (Å²) in [6, 6.07) is 3.82. The Hall–Kier alpha value is -2.11. The number of imidazole rings is 1. The Kier molecular flexibility index (Phi) is 2.62. The highest BCUT2D eigenvalue weighted by atomic mass is 16.4. The summed E-state index contributed by atoms with van der Waals surface area (Å²) in [5.41, 5.74) is 1.22. The van der Waals surface area contributed by atoms with Crippen LogP contribution in [0.3, 0.4) is 0 Å². The summed E-state index contributed by atoms with van der Waals surface area (Å²) < 4.78 is 1.66. The van der Waals surface area contributed by atoms with Crippen LogP contribution in [0.4, 0.5) is 5.82 Å². The van der Waals surface area contributed by atoms with Gasteiger partial charge in [0.25, 0.3) is 0 Å². The average Bonchev–Trinajstić information content (AvgIpc) is 2.94. The molecule has 3 heterocycles. The third-order valence-corrected chi connectivity index (χ3v) is 3.12. The number of aliphatic carboxylic acids is 1. The summed E-state index contributed by atoms with van der Waals surface area (Å²) in [7, 11) is 0. The standard InChI is InChI=1S/C12H14N4O2/c17-12(18)7-9-8-16-10(13-9)3-4-11(14-16)15-5-1-2-6-15/h3-4,8H,1-2,5-7H2,(H,17,18). The lowest BCUT2D eigenvalue weighted by molar-refractivity contribution is -0.136. The molecule has 18 heavy (non-hydrogen) atoms. The minimum Gasteiger partial charge on any atom is -0.481 e. The Labute approximate surface area is 104 Å². The molecule has 0 bridgehead atoms. The van der Waals surface area contributed by atoms with E-state index in [1.54, 1.807) is 10.7 Å². The molecule has 0 aromatic carbocycles. The molecule has 0 radical (unpaired) electrons. The van der Waals surface area contributed by atoms with E-state index in [4.69, 9.17) is 5.11 Å². The van der Waals surface area contributed by atoms with E-state index in [2.05, 4.69) is 15.0 Å². The first-order valence-corrected chi connectivity index (χ1v) is 6.04. The fraction of sp³-hybridized carbons (Fsp3) is 0.417. The van der Waals surface area contributed by atoms with Gasteiger partial charge in [-0.25, -0.2) is 9.50 Å². The molecule has 0 amide bonds. The smallest absolute Gasteiger partial charge is 0.309 e. The molecule has 0 saturated carbocycles. The minimum atomic E-state index is -0.877. The third kappa shape index (κ3) is 2.01. The van der Waals surface area contributed by atoms with Crippen LogP contribution in [0.2, 0.25) is 0 Å². The number of hydrogen-bond donors (Lipinski definition) is 1. The van der Waals surface area contributed by atoms with Gasteiger partial charge in [-0.3, -0.25) is 4.79 Å². The number of carboxylic acid groups (broad SMARTS) is 1. The second-order valence-corrected chi connectivity index (χ2v) is 4.49. The lowest BCUT2D eigenvalue weighted by atomic mass is 10.3. The third-order valence-electron chi connectivity index (χ3n) is 3.12. The minimum absolute atomic E-state index is 0.0671. The van der Waals surface area contributed by atoms with Crippen molar-refractivity contribution < 1.29 is 9.90 Å². The average molecular weight is 246 g/mol. The summed E-state index contributed by atoms with van der Waals surface area (Å²) in [6.07, 6.45) is 4.02. The number of carboxylic acids is 1. The highest BCUT2D eigenvalue weighted by Gasteiger charge is 2.14. The monoisotopic (exact) mass is 246 g/mol. The maximum absolute atomic E-state index is 10.6. The van der Waals surface area contributed by atoms with Crippen molar-refractivity contribution in [2.75, 3.05) is 18.0 Å². The summed E-state index contributed by atoms with van der Waals surface area (Å²) in [5.74, 6) is 0.0532. The molecular formula is C12H14N4O2. The normalized spacial score (nSPS) is 15.4. The van der Waals surface area contributed by atoms with Crippen LogP contribution >= 0.6 is 0 Å². The lowest BCUT2D eigenvalue weighted by Gasteiger charge is -2.15. The zero-order valence-corrected chi connectivity index (χ0v) is 9.91. The fourth-order valence-electron chi connectivity index (χ4n) is 2.28. The summed E-state index contributed by atoms with van der Waals surface area (Å²) in [5, 5.41) is 13.2. The van der Waals surface area contributed by atoms with Gasteiger partial charge in [-0.1, -0.05) is 0 Å². The Morgan fingerprint density at radius 2 is 2.11 bits per heavy atom. The number of nitrogens with zero attached hydrogens (tertiary/aromatic N) is 4. The van der Waals surface area contributed by atoms with E-state index >= 15 is 0 Å². The Morgan fingerprint density at radius 1 is 1.33 bits per heavy atom. The number of carbonyl (C=O) groups is 1. The Morgan fingerprint density at radius 3 is 2.83 bits per heavy atom. The van der Waals surface area contributed by atoms with Gasteiger partial charge in [-0.2, -0.15) is 0 Å². The Balaban J connectivity index is 1.93. The second-order valence-electron chi connectivity index (χ2n) is 4.49. The van der Waals surface area contributed by atoms with E-state index in [0.717, 1.165) is 18.9 Å². The first-order valence-electron chi connectivity index (χ1n) is 6.04. The molecule has 0 aliphatic carbocycles. The van der Waals surface area contributed by atoms with Crippen molar-refractivity contribution in [1.82, 2.24) is 14.6 Å². The zero-order valence-electron chi connectivity index (χ0n) is 9.91. The van der Waals surface area contributed by atoms with Gasteiger partial charge < -0.3 is 10.0 Å². The van der Waals surface area contributed by atoms with E-state index in [-0.39, 0.29) is 6.42 Å². The van der Waals surface area contributed by atoms with Crippen LogP contribution in [0.15, 0.2) is 18.3 Å². The zero-order chi connectivity index (χ0) is 12.5. The van der Waals surface area contributed by atoms with E-state index in [0.29, 0.717) is 11.3 Å². The maximum atomic E-state index is 10.6. The quantitative estimate of drug-likeness (QED) is 0.873. The van der Waals surface area contributed by atoms with Crippen molar-refractivity contribution in [3.05, 3.63) is 24.0 Å². The molecule has 3 rings (SSSR count). The van der Waals surface area contributed by atoms with Crippen LogP contribution in [0.25, 0.3) is 5.65 Å². The van der Waals surface area contributed by atoms with Gasteiger partial charge in [0.05, 0.1) is 18.3 Å². The van der Waals surface area contributed by atoms with E-state index in [1.807, 2.05) is 12.1 Å². The molecule has 1 fully saturated rings. The molecule has 0 atom stereocenters. The van der Waals surface area contributed by atoms with Crippen LogP contribution in [0.5, 0.6) is 0 Å². The second kappa shape index (κ2) is 4.29. The SMILES string of the molecule is O=C(O)Cc1cn2nc(N3CCCC3)ccc2n1. The molecule has 6 nitrogen and oxygen atoms in total. The Bertz CT molecular complexity index is 587. The maximum Gasteiger partial charge on any atom is 0.309 e. The van der Waals surface area contributed by atoms with Crippen LogP contribution in [-0.4, -0.2) is 38.8 Å². The van der Waals surface area contributed by atoms with Gasteiger partial charge in [0.2, 0.25) is 0 Å². The largest absolute Gasteiger partial charge is 0.481 e. The molecule has 2 aromatic rings. The molecular weight excluding hydrogens is 232 g/mol. The van der Waals surface area contributed by atoms with Crippen molar-refractivity contribution in [2.45, 2.75) is 19.3 Å². The molecule has 1 saturated heterocycles. The lowest BCUT2D eigenvalue weighted by Crippen LogP contribution is -2.19. The van der Waals surface area contributed by atoms with Crippen molar-refractivity contribution in [2.24, 2.45) is 0 Å². The highest BCUT2D eigenvalue weighted by molar-refractivity contribution is 5.69. The van der Waals surface area contributed by atoms with E-state index in [9.17, 15) is 4.79 Å². The van der Waals surface area contributed by atoms with Crippen molar-refractivity contribution in [3.63, 3.8) is 0 Å². The molecule has 2 aromatic heterocycles. The predicted molar refractivity (Wildman–Crippen MR) is 65.8 cm³/mol. The highest BCUT2D eigenvalue weighted by Crippen LogP contribution is 2.18. The van der Waals surface area contributed by atoms with Gasteiger partial charge in [0.15, 0.2) is 5.65 Å². The molecule has 1 aliphatic heterocycles. The van der Waals surface area contributed by atoms with Gasteiger partial charge >= 0.3 is 5.97 Å². The van der Waals surface area contributed by atoms with Crippen molar-refractivity contribution in [1.29, 1.82) is 0 Å². The summed E-state index contributed by atoms with van der Waals surface area (Å²) in [6.45, 7) is 2.07. The number of hydrogen-bond acceptors (Lipinski definition) is 4. The molecule has 1 aliphatic rings. The van der Waals surface area contributed by atoms with Gasteiger partial charge in [0, 0.05) is 13.1 Å². The topological polar surface area (TPSA) is 70.7 Å². The van der Waals surface area contributed by atoms with Gasteiger partial charge in [0.1, 0.15) is 5.82 Å². The van der Waals surface area contributed by atoms with Crippen LogP contribution in [-0.2, 0) is 11.2 Å². The molecule has 1 N–H and O–H groups in total. The first-order chi connectivity index (χ1) is 8.72. The summed E-state index contributed by atoms with van der Waals surface area (Å²) in [4.78, 5) is 17.1. The van der Waals surface area contributed by atoms with Gasteiger partial charge in [-0.05, 0) is 25.0 Å². The van der Waals surface area contributed by atoms with Crippen LogP contribution in [0.1, 0.15) is 18.5 Å². The van der Waals surface area contributed by atoms with E-state index in [1.165, 1.54) is 12.8 Å². The molecule has 94 valence electrons. The number of fused-ring (bicyclic) bond motifs is 1. The van der Waals surface area contributed by atoms with Crippen molar-refractivity contribution in [3.8, 4) is 0 Å². The predicted octanol–water partition coefficient (Wildman–Crippen LogP) is 0.957. The fourth-order valence-corrected chi connectivity index (χ4v) is 2.28. The van der Waals surface area contributed by atoms with Crippen LogP contribution in [0, 0.1) is 0 Å². The van der Waals surface area contributed by atoms with Crippen molar-refractivity contribution >= 4 is 17.4 Å². The molecule has 0 unspecified atom stereocenters. The number of anilines is 1. The molecule has 0 spiro atoms. The number of aromatic nitrogens is 3. The van der Waals surface area contributed by atoms with Crippen LogP contribution < -0.4 is 4.90 Å². The molecule has 6 heteroatoms. The first kappa shape index (κ1) is 11.0.